The molecule has 2 heterocycles. The van der Waals surface area contributed by atoms with Crippen LogP contribution >= 0.6 is 20.4 Å². The van der Waals surface area contributed by atoms with Crippen molar-refractivity contribution in [1.82, 2.24) is 14.5 Å². The lowest BCUT2D eigenvalue weighted by molar-refractivity contribution is -0.227. The number of imidazole rings is 1. The second kappa shape index (κ2) is 13.9. The fraction of sp³-hybridized carbons (Fsp3) is 0.417. The molecule has 8 nitrogen and oxygen atoms in total. The van der Waals surface area contributed by atoms with Crippen LogP contribution in [0.15, 0.2) is 58.7 Å². The highest BCUT2D eigenvalue weighted by atomic mass is 32.2. The fourth-order valence-electron chi connectivity index (χ4n) is 3.18. The van der Waals surface area contributed by atoms with Crippen molar-refractivity contribution in [3.8, 4) is 0 Å². The Morgan fingerprint density at radius 3 is 2.44 bits per heavy atom. The van der Waals surface area contributed by atoms with Gasteiger partial charge in [-0.2, -0.15) is 4.67 Å². The summed E-state index contributed by atoms with van der Waals surface area (Å²) >= 11 is 1.63. The Labute approximate surface area is 206 Å². The molecular formula is C24H32N3O5PS. The first-order valence-electron chi connectivity index (χ1n) is 11.3. The van der Waals surface area contributed by atoms with Gasteiger partial charge < -0.3 is 18.7 Å². The Morgan fingerprint density at radius 1 is 1.06 bits per heavy atom. The zero-order valence-electron chi connectivity index (χ0n) is 20.0. The van der Waals surface area contributed by atoms with E-state index in [2.05, 4.69) is 35.5 Å². The number of aliphatic hydroxyl groups is 1. The molecular weight excluding hydrogens is 473 g/mol. The quantitative estimate of drug-likeness (QED) is 0.166. The van der Waals surface area contributed by atoms with Gasteiger partial charge in [-0.15, -0.1) is 0 Å². The summed E-state index contributed by atoms with van der Waals surface area (Å²) in [5.74, 6) is 0.860. The maximum Gasteiger partial charge on any atom is 0.362 e. The van der Waals surface area contributed by atoms with E-state index in [4.69, 9.17) is 23.6 Å². The molecule has 0 unspecified atom stereocenters. The lowest BCUT2D eigenvalue weighted by Gasteiger charge is -2.14. The van der Waals surface area contributed by atoms with Gasteiger partial charge in [0.15, 0.2) is 0 Å². The van der Waals surface area contributed by atoms with Crippen LogP contribution < -0.4 is 0 Å². The van der Waals surface area contributed by atoms with Crippen molar-refractivity contribution in [2.24, 2.45) is 0 Å². The maximum atomic E-state index is 9.99. The molecule has 3 aromatic rings. The fourth-order valence-corrected chi connectivity index (χ4v) is 5.15. The average molecular weight is 506 g/mol. The van der Waals surface area contributed by atoms with E-state index in [0.717, 1.165) is 26.7 Å². The van der Waals surface area contributed by atoms with Crippen LogP contribution in [0.4, 0.5) is 0 Å². The van der Waals surface area contributed by atoms with Crippen LogP contribution in [0, 0.1) is 0 Å². The van der Waals surface area contributed by atoms with Crippen LogP contribution in [0.25, 0.3) is 0 Å². The molecule has 2 aromatic heterocycles. The zero-order chi connectivity index (χ0) is 24.3. The number of benzene rings is 1. The third-order valence-electron chi connectivity index (χ3n) is 4.72. The van der Waals surface area contributed by atoms with Gasteiger partial charge >= 0.3 is 8.60 Å². The highest BCUT2D eigenvalue weighted by molar-refractivity contribution is 7.99. The molecule has 0 bridgehead atoms. The Hall–Kier alpha value is -1.84. The Balaban J connectivity index is 1.78. The SMILES string of the molecule is CCOP(OCC)OOCc1cccc(Sc2c(C(C)C)nc(CO)n2Cc2ccncc2)c1. The summed E-state index contributed by atoms with van der Waals surface area (Å²) in [7, 11) is -1.51. The highest BCUT2D eigenvalue weighted by Crippen LogP contribution is 2.40. The number of hydrogen-bond donors (Lipinski definition) is 1. The molecule has 1 N–H and O–H groups in total. The number of rotatable bonds is 14. The number of aliphatic hydroxyl groups excluding tert-OH is 1. The van der Waals surface area contributed by atoms with E-state index >= 15 is 0 Å². The second-order valence-corrected chi connectivity index (χ2v) is 9.79. The summed E-state index contributed by atoms with van der Waals surface area (Å²) in [6.07, 6.45) is 3.55. The van der Waals surface area contributed by atoms with Crippen LogP contribution in [-0.2, 0) is 38.4 Å². The molecule has 3 rings (SSSR count). The summed E-state index contributed by atoms with van der Waals surface area (Å²) in [6.45, 7) is 9.71. The van der Waals surface area contributed by atoms with Gasteiger partial charge in [-0.3, -0.25) is 4.98 Å². The normalized spacial score (nSPS) is 11.6. The van der Waals surface area contributed by atoms with Gasteiger partial charge in [-0.1, -0.05) is 37.7 Å². The highest BCUT2D eigenvalue weighted by Gasteiger charge is 2.20. The Kier molecular flexibility index (Phi) is 10.9. The van der Waals surface area contributed by atoms with Crippen molar-refractivity contribution < 1.29 is 23.7 Å². The van der Waals surface area contributed by atoms with E-state index in [1.807, 2.05) is 38.1 Å². The van der Waals surface area contributed by atoms with E-state index < -0.39 is 8.60 Å². The molecule has 0 atom stereocenters. The standard InChI is InChI=1S/C24H32N3O5PS/c1-5-30-33(31-6-2)32-29-17-20-8-7-9-21(14-20)34-24-23(18(3)4)26-22(16-28)27(24)15-19-10-12-25-13-11-19/h7-14,18,28H,5-6,15-17H2,1-4H3. The molecule has 0 aliphatic heterocycles. The van der Waals surface area contributed by atoms with Crippen molar-refractivity contribution in [2.75, 3.05) is 13.2 Å². The topological polar surface area (TPSA) is 87.9 Å². The first kappa shape index (κ1) is 26.8. The molecule has 0 aliphatic rings. The number of nitrogens with zero attached hydrogens (tertiary/aromatic N) is 3. The molecule has 34 heavy (non-hydrogen) atoms. The molecule has 0 radical (unpaired) electrons. The minimum atomic E-state index is -1.51. The summed E-state index contributed by atoms with van der Waals surface area (Å²) in [6, 6.07) is 12.0. The van der Waals surface area contributed by atoms with E-state index in [0.29, 0.717) is 25.6 Å². The predicted octanol–water partition coefficient (Wildman–Crippen LogP) is 5.84. The van der Waals surface area contributed by atoms with Gasteiger partial charge in [0.2, 0.25) is 0 Å². The minimum absolute atomic E-state index is 0.126. The smallest absolute Gasteiger partial charge is 0.362 e. The van der Waals surface area contributed by atoms with E-state index in [1.165, 1.54) is 0 Å². The second-order valence-electron chi connectivity index (χ2n) is 7.62. The van der Waals surface area contributed by atoms with E-state index in [-0.39, 0.29) is 19.1 Å². The van der Waals surface area contributed by atoms with Gasteiger partial charge in [-0.25, -0.2) is 9.87 Å². The zero-order valence-corrected chi connectivity index (χ0v) is 21.7. The van der Waals surface area contributed by atoms with Crippen molar-refractivity contribution in [2.45, 2.75) is 63.3 Å². The summed E-state index contributed by atoms with van der Waals surface area (Å²) < 4.78 is 18.2. The van der Waals surface area contributed by atoms with Crippen molar-refractivity contribution in [3.63, 3.8) is 0 Å². The van der Waals surface area contributed by atoms with Gasteiger partial charge in [0.05, 0.1) is 25.5 Å². The van der Waals surface area contributed by atoms with Crippen molar-refractivity contribution in [3.05, 3.63) is 71.4 Å². The van der Waals surface area contributed by atoms with Crippen LogP contribution in [0.1, 0.15) is 56.3 Å². The minimum Gasteiger partial charge on any atom is -0.388 e. The lowest BCUT2D eigenvalue weighted by Crippen LogP contribution is -2.07. The maximum absolute atomic E-state index is 9.99. The molecule has 0 fully saturated rings. The number of aromatic nitrogens is 3. The van der Waals surface area contributed by atoms with E-state index in [9.17, 15) is 5.11 Å². The van der Waals surface area contributed by atoms with Crippen LogP contribution in [0.2, 0.25) is 0 Å². The van der Waals surface area contributed by atoms with E-state index in [1.54, 1.807) is 24.2 Å². The van der Waals surface area contributed by atoms with Crippen LogP contribution in [0.5, 0.6) is 0 Å². The molecule has 0 spiro atoms. The number of hydrogen-bond acceptors (Lipinski definition) is 8. The first-order valence-corrected chi connectivity index (χ1v) is 13.2. The molecule has 184 valence electrons. The van der Waals surface area contributed by atoms with Gasteiger partial charge in [-0.05, 0) is 55.2 Å². The van der Waals surface area contributed by atoms with Gasteiger partial charge in [0.25, 0.3) is 0 Å². The molecule has 0 saturated carbocycles. The molecule has 10 heteroatoms. The van der Waals surface area contributed by atoms with Crippen LogP contribution in [-0.4, -0.2) is 32.9 Å². The predicted molar refractivity (Wildman–Crippen MR) is 132 cm³/mol. The lowest BCUT2D eigenvalue weighted by atomic mass is 10.1. The third-order valence-corrected chi connectivity index (χ3v) is 7.00. The first-order chi connectivity index (χ1) is 16.5. The number of pyridine rings is 1. The van der Waals surface area contributed by atoms with Gasteiger partial charge in [0, 0.05) is 17.3 Å². The molecule has 0 amide bonds. The molecule has 0 aliphatic carbocycles. The molecule has 0 saturated heterocycles. The average Bonchev–Trinajstić information content (AvgIpc) is 3.17. The monoisotopic (exact) mass is 505 g/mol. The summed E-state index contributed by atoms with van der Waals surface area (Å²) in [5.41, 5.74) is 3.02. The Morgan fingerprint density at radius 2 is 1.79 bits per heavy atom. The molecule has 1 aromatic carbocycles. The Bertz CT molecular complexity index is 1010. The third kappa shape index (κ3) is 7.58. The van der Waals surface area contributed by atoms with Crippen molar-refractivity contribution >= 4 is 20.4 Å². The summed E-state index contributed by atoms with van der Waals surface area (Å²) in [4.78, 5) is 15.3. The van der Waals surface area contributed by atoms with Crippen molar-refractivity contribution in [1.29, 1.82) is 0 Å². The largest absolute Gasteiger partial charge is 0.388 e. The van der Waals surface area contributed by atoms with Crippen LogP contribution in [0.3, 0.4) is 0 Å². The summed E-state index contributed by atoms with van der Waals surface area (Å²) in [5, 5.41) is 11.0. The van der Waals surface area contributed by atoms with Gasteiger partial charge in [0.1, 0.15) is 24.1 Å².